The average Bonchev–Trinajstić information content (AvgIpc) is 2.63. The topological polar surface area (TPSA) is 30.5 Å². The summed E-state index contributed by atoms with van der Waals surface area (Å²) < 4.78 is 12.4. The summed E-state index contributed by atoms with van der Waals surface area (Å²) in [4.78, 5) is 0. The van der Waals surface area contributed by atoms with Crippen LogP contribution in [0.3, 0.4) is 0 Å². The minimum Gasteiger partial charge on any atom is -0.483 e. The van der Waals surface area contributed by atoms with Crippen LogP contribution in [0.4, 0.5) is 0 Å². The largest absolute Gasteiger partial charge is 0.483 e. The second-order valence-corrected chi connectivity index (χ2v) is 5.66. The normalized spacial score (nSPS) is 19.0. The molecule has 0 saturated carbocycles. The molecule has 1 unspecified atom stereocenters. The van der Waals surface area contributed by atoms with Gasteiger partial charge in [-0.25, -0.2) is 0 Å². The second-order valence-electron chi connectivity index (χ2n) is 5.66. The van der Waals surface area contributed by atoms with E-state index in [0.29, 0.717) is 6.61 Å². The number of nitrogens with one attached hydrogen (secondary N) is 1. The fraction of sp³-hybridized carbons (Fsp3) is 0.300. The fourth-order valence-electron chi connectivity index (χ4n) is 2.86. The van der Waals surface area contributed by atoms with E-state index in [1.165, 1.54) is 0 Å². The lowest BCUT2D eigenvalue weighted by atomic mass is 10.0. The Labute approximate surface area is 137 Å². The summed E-state index contributed by atoms with van der Waals surface area (Å²) in [5.41, 5.74) is 2.28. The van der Waals surface area contributed by atoms with Gasteiger partial charge in [0.1, 0.15) is 11.9 Å². The lowest BCUT2D eigenvalue weighted by molar-refractivity contribution is -0.0434. The Kier molecular flexibility index (Phi) is 5.46. The van der Waals surface area contributed by atoms with Crippen LogP contribution in [0.25, 0.3) is 0 Å². The molecule has 0 aromatic heterocycles. The molecule has 1 saturated heterocycles. The second kappa shape index (κ2) is 7.95. The Morgan fingerprint density at radius 2 is 1.96 bits per heavy atom. The molecule has 3 heteroatoms. The maximum Gasteiger partial charge on any atom is 0.151 e. The highest BCUT2D eigenvalue weighted by Gasteiger charge is 2.28. The number of morpholine rings is 1. The lowest BCUT2D eigenvalue weighted by Crippen LogP contribution is -2.43. The summed E-state index contributed by atoms with van der Waals surface area (Å²) in [6.07, 6.45) is 2.57. The van der Waals surface area contributed by atoms with E-state index in [0.717, 1.165) is 36.4 Å². The first-order valence-electron chi connectivity index (χ1n) is 8.11. The van der Waals surface area contributed by atoms with Gasteiger partial charge in [-0.3, -0.25) is 0 Å². The first-order valence-corrected chi connectivity index (χ1v) is 8.11. The standard InChI is InChI=1S/C20H23NO2/c1-2-8-16-9-6-7-12-18(16)23-20(17-10-4-3-5-11-17)19-15-21-13-14-22-19/h2-7,9-12,19-21H,1,8,13-15H2/t19-,20?/m0/s1. The highest BCUT2D eigenvalue weighted by molar-refractivity contribution is 5.35. The molecular formula is C20H23NO2. The lowest BCUT2D eigenvalue weighted by Gasteiger charge is -2.32. The summed E-state index contributed by atoms with van der Waals surface area (Å²) >= 11 is 0. The van der Waals surface area contributed by atoms with Gasteiger partial charge in [-0.1, -0.05) is 54.6 Å². The van der Waals surface area contributed by atoms with Crippen molar-refractivity contribution in [2.75, 3.05) is 19.7 Å². The third-order valence-electron chi connectivity index (χ3n) is 4.01. The van der Waals surface area contributed by atoms with Crippen LogP contribution in [-0.2, 0) is 11.2 Å². The van der Waals surface area contributed by atoms with Gasteiger partial charge in [0.05, 0.1) is 6.61 Å². The van der Waals surface area contributed by atoms with Crippen LogP contribution in [0.2, 0.25) is 0 Å². The summed E-state index contributed by atoms with van der Waals surface area (Å²) in [5, 5.41) is 3.39. The van der Waals surface area contributed by atoms with Gasteiger partial charge >= 0.3 is 0 Å². The minimum atomic E-state index is -0.130. The number of hydrogen-bond donors (Lipinski definition) is 1. The van der Waals surface area contributed by atoms with Crippen molar-refractivity contribution < 1.29 is 9.47 Å². The fourth-order valence-corrected chi connectivity index (χ4v) is 2.86. The van der Waals surface area contributed by atoms with Crippen LogP contribution in [0.5, 0.6) is 5.75 Å². The molecule has 0 aliphatic carbocycles. The predicted molar refractivity (Wildman–Crippen MR) is 92.8 cm³/mol. The zero-order chi connectivity index (χ0) is 15.9. The van der Waals surface area contributed by atoms with Crippen molar-refractivity contribution in [1.29, 1.82) is 0 Å². The molecule has 0 radical (unpaired) electrons. The Morgan fingerprint density at radius 1 is 1.17 bits per heavy atom. The molecule has 1 aliphatic rings. The van der Waals surface area contributed by atoms with E-state index in [4.69, 9.17) is 9.47 Å². The molecule has 2 aromatic carbocycles. The van der Waals surface area contributed by atoms with Crippen LogP contribution in [-0.4, -0.2) is 25.8 Å². The number of para-hydroxylation sites is 1. The van der Waals surface area contributed by atoms with Gasteiger partial charge in [-0.2, -0.15) is 0 Å². The van der Waals surface area contributed by atoms with Crippen LogP contribution in [0, 0.1) is 0 Å². The van der Waals surface area contributed by atoms with Crippen molar-refractivity contribution in [2.45, 2.75) is 18.6 Å². The number of hydrogen-bond acceptors (Lipinski definition) is 3. The third kappa shape index (κ3) is 4.01. The quantitative estimate of drug-likeness (QED) is 0.828. The van der Waals surface area contributed by atoms with E-state index in [2.05, 4.69) is 30.1 Å². The van der Waals surface area contributed by atoms with Gasteiger partial charge < -0.3 is 14.8 Å². The molecular weight excluding hydrogens is 286 g/mol. The molecule has 120 valence electrons. The highest BCUT2D eigenvalue weighted by Crippen LogP contribution is 2.29. The van der Waals surface area contributed by atoms with Gasteiger partial charge in [0.2, 0.25) is 0 Å². The minimum absolute atomic E-state index is 0.00272. The van der Waals surface area contributed by atoms with Gasteiger partial charge in [0, 0.05) is 13.1 Å². The molecule has 0 bridgehead atoms. The van der Waals surface area contributed by atoms with Gasteiger partial charge in [0.15, 0.2) is 6.10 Å². The number of rotatable bonds is 6. The van der Waals surface area contributed by atoms with Crippen LogP contribution < -0.4 is 10.1 Å². The zero-order valence-electron chi connectivity index (χ0n) is 13.3. The van der Waals surface area contributed by atoms with Crippen LogP contribution in [0.15, 0.2) is 67.3 Å². The van der Waals surface area contributed by atoms with E-state index in [9.17, 15) is 0 Å². The first kappa shape index (κ1) is 15.8. The molecule has 0 spiro atoms. The maximum absolute atomic E-state index is 6.41. The van der Waals surface area contributed by atoms with Crippen LogP contribution in [0.1, 0.15) is 17.2 Å². The molecule has 1 fully saturated rings. The van der Waals surface area contributed by atoms with E-state index < -0.39 is 0 Å². The van der Waals surface area contributed by atoms with Crippen molar-refractivity contribution in [3.8, 4) is 5.75 Å². The smallest absolute Gasteiger partial charge is 0.151 e. The molecule has 23 heavy (non-hydrogen) atoms. The molecule has 1 aliphatic heterocycles. The van der Waals surface area contributed by atoms with Crippen molar-refractivity contribution in [3.05, 3.63) is 78.4 Å². The average molecular weight is 309 g/mol. The molecule has 3 nitrogen and oxygen atoms in total. The molecule has 1 N–H and O–H groups in total. The number of ether oxygens (including phenoxy) is 2. The predicted octanol–water partition coefficient (Wildman–Crippen LogP) is 3.52. The first-order chi connectivity index (χ1) is 11.4. The molecule has 2 atom stereocenters. The number of benzene rings is 2. The highest BCUT2D eigenvalue weighted by atomic mass is 16.5. The zero-order valence-corrected chi connectivity index (χ0v) is 13.3. The summed E-state index contributed by atoms with van der Waals surface area (Å²) in [7, 11) is 0. The van der Waals surface area contributed by atoms with E-state index >= 15 is 0 Å². The van der Waals surface area contributed by atoms with Crippen molar-refractivity contribution in [2.24, 2.45) is 0 Å². The van der Waals surface area contributed by atoms with Gasteiger partial charge in [0.25, 0.3) is 0 Å². The molecule has 0 amide bonds. The van der Waals surface area contributed by atoms with Crippen molar-refractivity contribution >= 4 is 0 Å². The van der Waals surface area contributed by atoms with Gasteiger partial charge in [-0.05, 0) is 23.6 Å². The number of allylic oxidation sites excluding steroid dienone is 1. The maximum atomic E-state index is 6.41. The van der Waals surface area contributed by atoms with Crippen molar-refractivity contribution in [1.82, 2.24) is 5.32 Å². The van der Waals surface area contributed by atoms with Crippen LogP contribution >= 0.6 is 0 Å². The van der Waals surface area contributed by atoms with E-state index in [-0.39, 0.29) is 12.2 Å². The molecule has 1 heterocycles. The SMILES string of the molecule is C=CCc1ccccc1OC(c1ccccc1)[C@@H]1CNCCO1. The Bertz CT molecular complexity index is 621. The summed E-state index contributed by atoms with van der Waals surface area (Å²) in [6, 6.07) is 18.4. The Morgan fingerprint density at radius 3 is 2.70 bits per heavy atom. The summed E-state index contributed by atoms with van der Waals surface area (Å²) in [6.45, 7) is 6.24. The van der Waals surface area contributed by atoms with E-state index in [1.54, 1.807) is 0 Å². The van der Waals surface area contributed by atoms with Crippen molar-refractivity contribution in [3.63, 3.8) is 0 Å². The third-order valence-corrected chi connectivity index (χ3v) is 4.01. The Hall–Kier alpha value is -2.10. The van der Waals surface area contributed by atoms with E-state index in [1.807, 2.05) is 42.5 Å². The van der Waals surface area contributed by atoms with Gasteiger partial charge in [-0.15, -0.1) is 6.58 Å². The Balaban J connectivity index is 1.88. The monoisotopic (exact) mass is 309 g/mol. The molecule has 2 aromatic rings. The molecule has 3 rings (SSSR count). The summed E-state index contributed by atoms with van der Waals surface area (Å²) in [5.74, 6) is 0.899.